The summed E-state index contributed by atoms with van der Waals surface area (Å²) < 4.78 is 11.4. The molecule has 1 aromatic heterocycles. The summed E-state index contributed by atoms with van der Waals surface area (Å²) in [5, 5.41) is 0.952. The molecule has 0 spiro atoms. The maximum absolute atomic E-state index is 13.1. The molecule has 6 nitrogen and oxygen atoms in total. The lowest BCUT2D eigenvalue weighted by Gasteiger charge is -2.34. The maximum atomic E-state index is 13.1. The van der Waals surface area contributed by atoms with Gasteiger partial charge in [-0.3, -0.25) is 9.59 Å². The van der Waals surface area contributed by atoms with Gasteiger partial charge in [0.25, 0.3) is 5.91 Å². The average molecular weight is 342 g/mol. The quantitative estimate of drug-likeness (QED) is 0.905. The van der Waals surface area contributed by atoms with E-state index in [2.05, 4.69) is 0 Å². The van der Waals surface area contributed by atoms with E-state index in [9.17, 15) is 9.59 Å². The highest BCUT2D eigenvalue weighted by atomic mass is 16.5. The van der Waals surface area contributed by atoms with E-state index in [1.165, 1.54) is 0 Å². The smallest absolute Gasteiger partial charge is 0.289 e. The van der Waals surface area contributed by atoms with Crippen LogP contribution in [-0.4, -0.2) is 43.0 Å². The zero-order chi connectivity index (χ0) is 17.8. The molecule has 4 rings (SSSR count). The third-order valence-electron chi connectivity index (χ3n) is 5.84. The number of para-hydroxylation sites is 1. The van der Waals surface area contributed by atoms with Crippen LogP contribution in [0, 0.1) is 25.2 Å². The van der Waals surface area contributed by atoms with Crippen molar-refractivity contribution in [3.8, 4) is 0 Å². The first-order valence-corrected chi connectivity index (χ1v) is 8.59. The van der Waals surface area contributed by atoms with Crippen molar-refractivity contribution in [2.45, 2.75) is 20.3 Å². The van der Waals surface area contributed by atoms with E-state index in [0.29, 0.717) is 38.5 Å². The van der Waals surface area contributed by atoms with E-state index in [0.717, 1.165) is 22.1 Å². The fourth-order valence-electron chi connectivity index (χ4n) is 4.24. The highest BCUT2D eigenvalue weighted by Gasteiger charge is 2.54. The third-order valence-corrected chi connectivity index (χ3v) is 5.84. The number of aryl methyl sites for hydroxylation is 2. The fourth-order valence-corrected chi connectivity index (χ4v) is 4.24. The standard InChI is InChI=1S/C19H22N2O4/c1-11-4-3-5-14-12(2)16(25-15(11)14)17(22)21-8-13-9-24-7-6-19(13,10-21)18(20)23/h3-5,13H,6-10H2,1-2H3,(H2,20,23)/t13-,19+/m1/s1. The van der Waals surface area contributed by atoms with Crippen LogP contribution >= 0.6 is 0 Å². The predicted octanol–water partition coefficient (Wildman–Crippen LogP) is 2.01. The minimum Gasteiger partial charge on any atom is -0.450 e. The van der Waals surface area contributed by atoms with Gasteiger partial charge in [-0.15, -0.1) is 0 Å². The summed E-state index contributed by atoms with van der Waals surface area (Å²) in [7, 11) is 0. The Morgan fingerprint density at radius 3 is 2.80 bits per heavy atom. The van der Waals surface area contributed by atoms with Crippen LogP contribution in [0.4, 0.5) is 0 Å². The van der Waals surface area contributed by atoms with Crippen molar-refractivity contribution >= 4 is 22.8 Å². The average Bonchev–Trinajstić information content (AvgIpc) is 3.15. The van der Waals surface area contributed by atoms with Gasteiger partial charge in [-0.2, -0.15) is 0 Å². The number of benzene rings is 1. The molecule has 0 unspecified atom stereocenters. The Hall–Kier alpha value is -2.34. The van der Waals surface area contributed by atoms with Gasteiger partial charge in [-0.1, -0.05) is 18.2 Å². The Balaban J connectivity index is 1.69. The molecular weight excluding hydrogens is 320 g/mol. The number of carbonyl (C=O) groups is 2. The lowest BCUT2D eigenvalue weighted by molar-refractivity contribution is -0.135. The maximum Gasteiger partial charge on any atom is 0.289 e. The first kappa shape index (κ1) is 16.1. The first-order valence-electron chi connectivity index (χ1n) is 8.59. The Morgan fingerprint density at radius 2 is 2.12 bits per heavy atom. The van der Waals surface area contributed by atoms with E-state index in [-0.39, 0.29) is 17.7 Å². The Morgan fingerprint density at radius 1 is 1.32 bits per heavy atom. The molecule has 0 bridgehead atoms. The molecule has 0 aliphatic carbocycles. The molecule has 2 aromatic rings. The Kier molecular flexibility index (Phi) is 3.61. The monoisotopic (exact) mass is 342 g/mol. The van der Waals surface area contributed by atoms with Crippen molar-refractivity contribution in [1.82, 2.24) is 4.90 Å². The number of nitrogens with zero attached hydrogens (tertiary/aromatic N) is 1. The Bertz CT molecular complexity index is 872. The van der Waals surface area contributed by atoms with Gasteiger partial charge in [0.15, 0.2) is 5.76 Å². The van der Waals surface area contributed by atoms with E-state index in [1.807, 2.05) is 32.0 Å². The number of primary amides is 1. The number of hydrogen-bond acceptors (Lipinski definition) is 4. The molecular formula is C19H22N2O4. The van der Waals surface area contributed by atoms with Gasteiger partial charge in [-0.05, 0) is 25.8 Å². The van der Waals surface area contributed by atoms with Crippen molar-refractivity contribution in [1.29, 1.82) is 0 Å². The molecule has 2 atom stereocenters. The number of ether oxygens (including phenoxy) is 1. The second kappa shape index (κ2) is 5.59. The highest BCUT2D eigenvalue weighted by Crippen LogP contribution is 2.43. The third kappa shape index (κ3) is 2.28. The molecule has 0 radical (unpaired) electrons. The molecule has 1 aromatic carbocycles. The summed E-state index contributed by atoms with van der Waals surface area (Å²) in [4.78, 5) is 26.9. The summed E-state index contributed by atoms with van der Waals surface area (Å²) in [5.74, 6) is -0.214. The SMILES string of the molecule is Cc1c(C(=O)N2C[C@@H]3COCC[C@]3(C(N)=O)C2)oc2c(C)cccc12. The van der Waals surface area contributed by atoms with Crippen molar-refractivity contribution < 1.29 is 18.7 Å². The summed E-state index contributed by atoms with van der Waals surface area (Å²) in [5.41, 5.74) is 7.60. The van der Waals surface area contributed by atoms with Crippen molar-refractivity contribution in [3.63, 3.8) is 0 Å². The van der Waals surface area contributed by atoms with E-state index >= 15 is 0 Å². The van der Waals surface area contributed by atoms with Crippen LogP contribution in [0.3, 0.4) is 0 Å². The van der Waals surface area contributed by atoms with Crippen LogP contribution in [0.25, 0.3) is 11.0 Å². The second-order valence-electron chi connectivity index (χ2n) is 7.24. The summed E-state index contributed by atoms with van der Waals surface area (Å²) in [6, 6.07) is 5.88. The van der Waals surface area contributed by atoms with Crippen molar-refractivity contribution in [2.75, 3.05) is 26.3 Å². The van der Waals surface area contributed by atoms with Gasteiger partial charge < -0.3 is 19.8 Å². The number of likely N-dealkylation sites (tertiary alicyclic amines) is 1. The van der Waals surface area contributed by atoms with Gasteiger partial charge in [-0.25, -0.2) is 0 Å². The number of nitrogens with two attached hydrogens (primary N) is 1. The Labute approximate surface area is 145 Å². The number of fused-ring (bicyclic) bond motifs is 2. The van der Waals surface area contributed by atoms with Crippen LogP contribution < -0.4 is 5.73 Å². The largest absolute Gasteiger partial charge is 0.450 e. The lowest BCUT2D eigenvalue weighted by Crippen LogP contribution is -2.48. The molecule has 2 fully saturated rings. The van der Waals surface area contributed by atoms with Crippen molar-refractivity contribution in [2.24, 2.45) is 17.1 Å². The summed E-state index contributed by atoms with van der Waals surface area (Å²) in [6.45, 7) is 5.63. The molecule has 0 saturated carbocycles. The molecule has 2 N–H and O–H groups in total. The first-order chi connectivity index (χ1) is 11.9. The van der Waals surface area contributed by atoms with Crippen molar-refractivity contribution in [3.05, 3.63) is 35.1 Å². The van der Waals surface area contributed by atoms with Crippen LogP contribution in [0.15, 0.2) is 22.6 Å². The molecule has 2 aliphatic heterocycles. The molecule has 25 heavy (non-hydrogen) atoms. The van der Waals surface area contributed by atoms with Crippen LogP contribution in [0.5, 0.6) is 0 Å². The van der Waals surface area contributed by atoms with Gasteiger partial charge in [0.1, 0.15) is 5.58 Å². The zero-order valence-corrected chi connectivity index (χ0v) is 14.5. The predicted molar refractivity (Wildman–Crippen MR) is 92.1 cm³/mol. The van der Waals surface area contributed by atoms with Gasteiger partial charge in [0.05, 0.1) is 12.0 Å². The fraction of sp³-hybridized carbons (Fsp3) is 0.474. The van der Waals surface area contributed by atoms with E-state index in [4.69, 9.17) is 14.9 Å². The molecule has 3 heterocycles. The normalized spacial score (nSPS) is 26.0. The number of rotatable bonds is 2. The lowest BCUT2D eigenvalue weighted by atomic mass is 9.74. The molecule has 132 valence electrons. The van der Waals surface area contributed by atoms with E-state index < -0.39 is 5.41 Å². The van der Waals surface area contributed by atoms with E-state index in [1.54, 1.807) is 4.90 Å². The number of furan rings is 1. The second-order valence-corrected chi connectivity index (χ2v) is 7.24. The molecule has 2 saturated heterocycles. The zero-order valence-electron chi connectivity index (χ0n) is 14.5. The highest BCUT2D eigenvalue weighted by molar-refractivity contribution is 6.00. The summed E-state index contributed by atoms with van der Waals surface area (Å²) in [6.07, 6.45) is 0.564. The number of hydrogen-bond donors (Lipinski definition) is 1. The molecule has 6 heteroatoms. The topological polar surface area (TPSA) is 85.8 Å². The number of carbonyl (C=O) groups excluding carboxylic acids is 2. The van der Waals surface area contributed by atoms with Crippen LogP contribution in [0.1, 0.15) is 28.1 Å². The molecule has 2 aliphatic rings. The van der Waals surface area contributed by atoms with Crippen LogP contribution in [-0.2, 0) is 9.53 Å². The van der Waals surface area contributed by atoms with Crippen LogP contribution in [0.2, 0.25) is 0 Å². The summed E-state index contributed by atoms with van der Waals surface area (Å²) >= 11 is 0. The number of amides is 2. The van der Waals surface area contributed by atoms with Gasteiger partial charge in [0.2, 0.25) is 5.91 Å². The minimum absolute atomic E-state index is 0.0471. The minimum atomic E-state index is -0.677. The van der Waals surface area contributed by atoms with Gasteiger partial charge in [0, 0.05) is 36.6 Å². The molecule has 2 amide bonds. The van der Waals surface area contributed by atoms with Gasteiger partial charge >= 0.3 is 0 Å².